The molecule has 0 fully saturated rings. The maximum Gasteiger partial charge on any atom is 0.0406 e. The summed E-state index contributed by atoms with van der Waals surface area (Å²) in [6, 6.07) is 7.91. The Kier molecular flexibility index (Phi) is 5.60. The van der Waals surface area contributed by atoms with E-state index in [4.69, 9.17) is 17.3 Å². The zero-order valence-corrected chi connectivity index (χ0v) is 9.06. The van der Waals surface area contributed by atoms with Gasteiger partial charge in [0, 0.05) is 11.6 Å². The predicted octanol–water partition coefficient (Wildman–Crippen LogP) is 2.17. The van der Waals surface area contributed by atoms with Crippen LogP contribution in [0.3, 0.4) is 0 Å². The summed E-state index contributed by atoms with van der Waals surface area (Å²) < 4.78 is 0. The first-order valence-corrected chi connectivity index (χ1v) is 5.36. The van der Waals surface area contributed by atoms with Gasteiger partial charge < -0.3 is 11.1 Å². The molecule has 2 nitrogen and oxygen atoms in total. The second kappa shape index (κ2) is 6.82. The average molecular weight is 213 g/mol. The zero-order chi connectivity index (χ0) is 10.2. The number of hydrogen-bond acceptors (Lipinski definition) is 2. The molecular weight excluding hydrogens is 196 g/mol. The fourth-order valence-corrected chi connectivity index (χ4v) is 1.36. The van der Waals surface area contributed by atoms with E-state index in [2.05, 4.69) is 5.32 Å². The van der Waals surface area contributed by atoms with Crippen LogP contribution in [0.4, 0.5) is 0 Å². The lowest BCUT2D eigenvalue weighted by Gasteiger charge is -2.04. The highest BCUT2D eigenvalue weighted by Crippen LogP contribution is 2.08. The summed E-state index contributed by atoms with van der Waals surface area (Å²) in [7, 11) is 0. The molecule has 0 bridgehead atoms. The molecule has 0 aliphatic carbocycles. The maximum atomic E-state index is 5.78. The van der Waals surface area contributed by atoms with Gasteiger partial charge in [-0.05, 0) is 43.6 Å². The molecule has 78 valence electrons. The van der Waals surface area contributed by atoms with E-state index in [1.54, 1.807) is 0 Å². The fourth-order valence-electron chi connectivity index (χ4n) is 1.23. The summed E-state index contributed by atoms with van der Waals surface area (Å²) in [6.45, 7) is 2.71. The molecule has 1 aromatic carbocycles. The lowest BCUT2D eigenvalue weighted by atomic mass is 10.2. The molecule has 0 heterocycles. The third-order valence-corrected chi connectivity index (χ3v) is 2.30. The SMILES string of the molecule is NCCCCNCc1ccc(Cl)cc1. The molecule has 0 spiro atoms. The van der Waals surface area contributed by atoms with E-state index < -0.39 is 0 Å². The van der Waals surface area contributed by atoms with Crippen molar-refractivity contribution in [3.63, 3.8) is 0 Å². The molecule has 0 aliphatic rings. The van der Waals surface area contributed by atoms with E-state index in [0.717, 1.165) is 37.5 Å². The number of unbranched alkanes of at least 4 members (excludes halogenated alkanes) is 1. The van der Waals surface area contributed by atoms with Crippen molar-refractivity contribution < 1.29 is 0 Å². The van der Waals surface area contributed by atoms with Crippen LogP contribution < -0.4 is 11.1 Å². The van der Waals surface area contributed by atoms with Crippen molar-refractivity contribution in [3.8, 4) is 0 Å². The molecule has 14 heavy (non-hydrogen) atoms. The van der Waals surface area contributed by atoms with E-state index in [9.17, 15) is 0 Å². The standard InChI is InChI=1S/C11H17ClN2/c12-11-5-3-10(4-6-11)9-14-8-2-1-7-13/h3-6,14H,1-2,7-9,13H2. The van der Waals surface area contributed by atoms with Gasteiger partial charge in [0.1, 0.15) is 0 Å². The number of nitrogens with one attached hydrogen (secondary N) is 1. The van der Waals surface area contributed by atoms with Gasteiger partial charge in [-0.25, -0.2) is 0 Å². The molecule has 0 amide bonds. The van der Waals surface area contributed by atoms with Crippen LogP contribution in [-0.4, -0.2) is 13.1 Å². The second-order valence-corrected chi connectivity index (χ2v) is 3.74. The Bertz CT molecular complexity index is 246. The van der Waals surface area contributed by atoms with Gasteiger partial charge in [-0.15, -0.1) is 0 Å². The number of hydrogen-bond donors (Lipinski definition) is 2. The van der Waals surface area contributed by atoms with Crippen molar-refractivity contribution in [2.45, 2.75) is 19.4 Å². The van der Waals surface area contributed by atoms with Crippen molar-refractivity contribution in [2.75, 3.05) is 13.1 Å². The molecular formula is C11H17ClN2. The Morgan fingerprint density at radius 3 is 2.50 bits per heavy atom. The number of nitrogens with two attached hydrogens (primary N) is 1. The summed E-state index contributed by atoms with van der Waals surface area (Å²) >= 11 is 5.78. The van der Waals surface area contributed by atoms with Gasteiger partial charge in [-0.2, -0.15) is 0 Å². The number of halogens is 1. The van der Waals surface area contributed by atoms with Crippen molar-refractivity contribution in [1.82, 2.24) is 5.32 Å². The quantitative estimate of drug-likeness (QED) is 0.710. The molecule has 0 aliphatic heterocycles. The van der Waals surface area contributed by atoms with Crippen molar-refractivity contribution in [2.24, 2.45) is 5.73 Å². The Hall–Kier alpha value is -0.570. The topological polar surface area (TPSA) is 38.0 Å². The molecule has 0 unspecified atom stereocenters. The summed E-state index contributed by atoms with van der Waals surface area (Å²) in [4.78, 5) is 0. The van der Waals surface area contributed by atoms with Gasteiger partial charge in [-0.3, -0.25) is 0 Å². The van der Waals surface area contributed by atoms with Crippen LogP contribution in [0.5, 0.6) is 0 Å². The molecule has 3 heteroatoms. The Labute approximate surface area is 90.4 Å². The number of rotatable bonds is 6. The van der Waals surface area contributed by atoms with E-state index in [-0.39, 0.29) is 0 Å². The van der Waals surface area contributed by atoms with Crippen LogP contribution >= 0.6 is 11.6 Å². The third-order valence-electron chi connectivity index (χ3n) is 2.05. The average Bonchev–Trinajstić information content (AvgIpc) is 2.21. The Morgan fingerprint density at radius 1 is 1.14 bits per heavy atom. The van der Waals surface area contributed by atoms with E-state index in [0.29, 0.717) is 0 Å². The van der Waals surface area contributed by atoms with Crippen LogP contribution in [0.25, 0.3) is 0 Å². The first kappa shape index (κ1) is 11.5. The van der Waals surface area contributed by atoms with Crippen LogP contribution in [-0.2, 0) is 6.54 Å². The maximum absolute atomic E-state index is 5.78. The zero-order valence-electron chi connectivity index (χ0n) is 8.30. The first-order chi connectivity index (χ1) is 6.83. The van der Waals surface area contributed by atoms with Crippen molar-refractivity contribution in [1.29, 1.82) is 0 Å². The molecule has 1 aromatic rings. The Balaban J connectivity index is 2.15. The minimum Gasteiger partial charge on any atom is -0.330 e. The minimum atomic E-state index is 0.780. The molecule has 0 radical (unpaired) electrons. The predicted molar refractivity (Wildman–Crippen MR) is 61.4 cm³/mol. The largest absolute Gasteiger partial charge is 0.330 e. The molecule has 0 aromatic heterocycles. The Morgan fingerprint density at radius 2 is 1.86 bits per heavy atom. The number of benzene rings is 1. The minimum absolute atomic E-state index is 0.780. The van der Waals surface area contributed by atoms with E-state index in [1.807, 2.05) is 24.3 Å². The first-order valence-electron chi connectivity index (χ1n) is 4.98. The van der Waals surface area contributed by atoms with E-state index >= 15 is 0 Å². The molecule has 0 saturated heterocycles. The summed E-state index contributed by atoms with van der Waals surface area (Å²) in [5, 5.41) is 4.15. The lowest BCUT2D eigenvalue weighted by molar-refractivity contribution is 0.627. The third kappa shape index (κ3) is 4.61. The smallest absolute Gasteiger partial charge is 0.0406 e. The van der Waals surface area contributed by atoms with Crippen molar-refractivity contribution >= 4 is 11.6 Å². The summed E-state index contributed by atoms with van der Waals surface area (Å²) in [5.74, 6) is 0. The van der Waals surface area contributed by atoms with Crippen LogP contribution in [0.15, 0.2) is 24.3 Å². The molecule has 0 atom stereocenters. The van der Waals surface area contributed by atoms with E-state index in [1.165, 1.54) is 5.56 Å². The monoisotopic (exact) mass is 212 g/mol. The lowest BCUT2D eigenvalue weighted by Crippen LogP contribution is -2.15. The molecule has 3 N–H and O–H groups in total. The van der Waals surface area contributed by atoms with Gasteiger partial charge >= 0.3 is 0 Å². The fraction of sp³-hybridized carbons (Fsp3) is 0.455. The van der Waals surface area contributed by atoms with Gasteiger partial charge in [0.05, 0.1) is 0 Å². The van der Waals surface area contributed by atoms with Gasteiger partial charge in [0.2, 0.25) is 0 Å². The molecule has 0 saturated carbocycles. The van der Waals surface area contributed by atoms with Crippen LogP contribution in [0.1, 0.15) is 18.4 Å². The van der Waals surface area contributed by atoms with Crippen LogP contribution in [0, 0.1) is 0 Å². The highest BCUT2D eigenvalue weighted by molar-refractivity contribution is 6.30. The molecule has 1 rings (SSSR count). The van der Waals surface area contributed by atoms with Gasteiger partial charge in [0.15, 0.2) is 0 Å². The summed E-state index contributed by atoms with van der Waals surface area (Å²) in [6.07, 6.45) is 2.23. The normalized spacial score (nSPS) is 10.4. The van der Waals surface area contributed by atoms with Crippen LogP contribution in [0.2, 0.25) is 5.02 Å². The van der Waals surface area contributed by atoms with Gasteiger partial charge in [-0.1, -0.05) is 23.7 Å². The second-order valence-electron chi connectivity index (χ2n) is 3.30. The summed E-state index contributed by atoms with van der Waals surface area (Å²) in [5.41, 5.74) is 6.66. The highest BCUT2D eigenvalue weighted by Gasteiger charge is 1.92. The highest BCUT2D eigenvalue weighted by atomic mass is 35.5. The van der Waals surface area contributed by atoms with Gasteiger partial charge in [0.25, 0.3) is 0 Å². The van der Waals surface area contributed by atoms with Crippen molar-refractivity contribution in [3.05, 3.63) is 34.9 Å².